The summed E-state index contributed by atoms with van der Waals surface area (Å²) < 4.78 is 0. The number of likely N-dealkylation sites (N-methyl/N-ethyl adjacent to an activating group) is 1. The molecule has 0 saturated carbocycles. The summed E-state index contributed by atoms with van der Waals surface area (Å²) in [6.07, 6.45) is 0. The minimum absolute atomic E-state index is 0.348. The van der Waals surface area contributed by atoms with Gasteiger partial charge in [0.1, 0.15) is 11.5 Å². The first kappa shape index (κ1) is 37.7. The molecule has 2 aliphatic rings. The van der Waals surface area contributed by atoms with Crippen LogP contribution in [0.1, 0.15) is 91.7 Å². The van der Waals surface area contributed by atoms with Gasteiger partial charge >= 0.3 is 0 Å². The number of aromatic hydroxyl groups is 2. The van der Waals surface area contributed by atoms with E-state index in [9.17, 15) is 10.2 Å². The molecule has 0 heterocycles. The van der Waals surface area contributed by atoms with Crippen LogP contribution in [-0.2, 0) is 23.9 Å². The average Bonchev–Trinajstić information content (AvgIpc) is 3.54. The number of aryl methyl sites for hydroxylation is 6. The molecule has 0 atom stereocenters. The van der Waals surface area contributed by atoms with Gasteiger partial charge in [0.15, 0.2) is 0 Å². The fourth-order valence-electron chi connectivity index (χ4n) is 9.85. The molecular formula is C52H56N2O2. The molecular weight excluding hydrogens is 685 g/mol. The first-order valence-electron chi connectivity index (χ1n) is 20.1. The maximum Gasteiger partial charge on any atom is 0.124 e. The molecule has 56 heavy (non-hydrogen) atoms. The lowest BCUT2D eigenvalue weighted by atomic mass is 9.72. The summed E-state index contributed by atoms with van der Waals surface area (Å²) >= 11 is 0. The van der Waals surface area contributed by atoms with Gasteiger partial charge in [-0.15, -0.1) is 0 Å². The number of rotatable bonds is 9. The Morgan fingerprint density at radius 2 is 0.714 bits per heavy atom. The van der Waals surface area contributed by atoms with E-state index in [1.807, 2.05) is 0 Å². The van der Waals surface area contributed by atoms with Crippen LogP contribution in [0.3, 0.4) is 0 Å². The van der Waals surface area contributed by atoms with Gasteiger partial charge in [-0.1, -0.05) is 130 Å². The predicted octanol–water partition coefficient (Wildman–Crippen LogP) is 11.2. The van der Waals surface area contributed by atoms with Crippen molar-refractivity contribution in [3.8, 4) is 33.8 Å². The van der Waals surface area contributed by atoms with E-state index < -0.39 is 10.8 Å². The molecule has 0 fully saturated rings. The van der Waals surface area contributed by atoms with Crippen molar-refractivity contribution >= 4 is 0 Å². The Labute approximate surface area is 334 Å². The van der Waals surface area contributed by atoms with Crippen LogP contribution < -0.4 is 0 Å². The van der Waals surface area contributed by atoms with Crippen molar-refractivity contribution in [1.82, 2.24) is 9.80 Å². The minimum atomic E-state index is -0.522. The van der Waals surface area contributed by atoms with E-state index >= 15 is 0 Å². The van der Waals surface area contributed by atoms with Crippen LogP contribution in [0.5, 0.6) is 11.5 Å². The first-order valence-corrected chi connectivity index (χ1v) is 20.1. The van der Waals surface area contributed by atoms with Crippen molar-refractivity contribution in [2.24, 2.45) is 0 Å². The van der Waals surface area contributed by atoms with E-state index in [-0.39, 0.29) is 0 Å². The molecule has 2 aliphatic carbocycles. The number of hydrogen-bond donors (Lipinski definition) is 2. The van der Waals surface area contributed by atoms with Gasteiger partial charge in [0.05, 0.1) is 0 Å². The van der Waals surface area contributed by atoms with Crippen molar-refractivity contribution < 1.29 is 10.2 Å². The topological polar surface area (TPSA) is 46.9 Å². The summed E-state index contributed by atoms with van der Waals surface area (Å²) in [6.45, 7) is 20.1. The quantitative estimate of drug-likeness (QED) is 0.155. The molecule has 0 amide bonds. The van der Waals surface area contributed by atoms with E-state index in [1.165, 1.54) is 66.8 Å². The number of hydrogen-bond acceptors (Lipinski definition) is 4. The second-order valence-electron chi connectivity index (χ2n) is 17.6. The number of fused-ring (bicyclic) bond motifs is 6. The van der Waals surface area contributed by atoms with Gasteiger partial charge in [-0.2, -0.15) is 0 Å². The summed E-state index contributed by atoms with van der Waals surface area (Å²) in [5, 5.41) is 25.0. The molecule has 0 unspecified atom stereocenters. The second kappa shape index (κ2) is 13.8. The zero-order valence-corrected chi connectivity index (χ0v) is 34.9. The van der Waals surface area contributed by atoms with E-state index in [0.717, 1.165) is 46.5 Å². The molecule has 4 heteroatoms. The maximum atomic E-state index is 12.5. The summed E-state index contributed by atoms with van der Waals surface area (Å²) in [6, 6.07) is 35.6. The molecule has 0 spiro atoms. The highest BCUT2D eigenvalue weighted by molar-refractivity contribution is 5.86. The van der Waals surface area contributed by atoms with E-state index in [4.69, 9.17) is 0 Å². The highest BCUT2D eigenvalue weighted by Gasteiger charge is 2.44. The highest BCUT2D eigenvalue weighted by atomic mass is 16.3. The molecule has 4 nitrogen and oxygen atoms in total. The van der Waals surface area contributed by atoms with Gasteiger partial charge in [-0.05, 0) is 114 Å². The van der Waals surface area contributed by atoms with E-state index in [0.29, 0.717) is 24.6 Å². The van der Waals surface area contributed by atoms with Crippen molar-refractivity contribution in [3.05, 3.63) is 175 Å². The fourth-order valence-corrected chi connectivity index (χ4v) is 9.85. The SMILES string of the molecule is Cc1ccc2c(c1)C(C)(c1cc(C)cc(CN(CCN(C)C)Cc3cc(C)cc(C4(C)c5cc(C)ccc5-c5ccc(C)cc54)c3O)c1O)c1cc(C)ccc1-2. The third-order valence-electron chi connectivity index (χ3n) is 12.8. The van der Waals surface area contributed by atoms with Crippen LogP contribution in [0, 0.1) is 41.5 Å². The second-order valence-corrected chi connectivity index (χ2v) is 17.6. The minimum Gasteiger partial charge on any atom is -0.507 e. The largest absolute Gasteiger partial charge is 0.507 e. The molecule has 2 N–H and O–H groups in total. The number of benzene rings is 6. The number of nitrogens with zero attached hydrogens (tertiary/aromatic N) is 2. The summed E-state index contributed by atoms with van der Waals surface area (Å²) in [7, 11) is 4.20. The van der Waals surface area contributed by atoms with E-state index in [2.05, 4.69) is 176 Å². The van der Waals surface area contributed by atoms with Crippen LogP contribution in [0.25, 0.3) is 22.3 Å². The van der Waals surface area contributed by atoms with Crippen molar-refractivity contribution in [2.45, 2.75) is 79.3 Å². The molecule has 0 aliphatic heterocycles. The zero-order valence-electron chi connectivity index (χ0n) is 34.9. The number of phenolic OH excluding ortho intramolecular Hbond substituents is 2. The van der Waals surface area contributed by atoms with Gasteiger partial charge in [0.25, 0.3) is 0 Å². The highest BCUT2D eigenvalue weighted by Crippen LogP contribution is 2.57. The molecule has 0 aromatic heterocycles. The van der Waals surface area contributed by atoms with Crippen LogP contribution in [0.2, 0.25) is 0 Å². The third-order valence-corrected chi connectivity index (χ3v) is 12.8. The van der Waals surface area contributed by atoms with Crippen LogP contribution in [-0.4, -0.2) is 47.2 Å². The fraction of sp³-hybridized carbons (Fsp3) is 0.308. The lowest BCUT2D eigenvalue weighted by Gasteiger charge is -2.33. The van der Waals surface area contributed by atoms with Crippen LogP contribution >= 0.6 is 0 Å². The Morgan fingerprint density at radius 3 is 1.02 bits per heavy atom. The molecule has 8 rings (SSSR count). The molecule has 6 aromatic rings. The lowest BCUT2D eigenvalue weighted by Crippen LogP contribution is -2.32. The predicted molar refractivity (Wildman–Crippen MR) is 232 cm³/mol. The lowest BCUT2D eigenvalue weighted by molar-refractivity contribution is 0.221. The average molecular weight is 741 g/mol. The monoisotopic (exact) mass is 740 g/mol. The first-order chi connectivity index (χ1) is 26.6. The Hall–Kier alpha value is -5.16. The summed E-state index contributed by atoms with van der Waals surface area (Å²) in [5.74, 6) is 0.697. The Bertz CT molecular complexity index is 2270. The third kappa shape index (κ3) is 6.06. The Balaban J connectivity index is 1.22. The van der Waals surface area contributed by atoms with Crippen LogP contribution in [0.4, 0.5) is 0 Å². The molecule has 6 aromatic carbocycles. The number of phenols is 2. The van der Waals surface area contributed by atoms with Crippen molar-refractivity contribution in [3.63, 3.8) is 0 Å². The molecule has 0 bridgehead atoms. The van der Waals surface area contributed by atoms with Crippen molar-refractivity contribution in [1.29, 1.82) is 0 Å². The van der Waals surface area contributed by atoms with Gasteiger partial charge in [0, 0.05) is 59.3 Å². The smallest absolute Gasteiger partial charge is 0.124 e. The normalized spacial score (nSPS) is 14.6. The zero-order chi connectivity index (χ0) is 39.8. The molecule has 0 saturated heterocycles. The van der Waals surface area contributed by atoms with Gasteiger partial charge in [0.2, 0.25) is 0 Å². The summed E-state index contributed by atoms with van der Waals surface area (Å²) in [5.41, 5.74) is 19.6. The summed E-state index contributed by atoms with van der Waals surface area (Å²) in [4.78, 5) is 4.59. The molecule has 0 radical (unpaired) electrons. The Morgan fingerprint density at radius 1 is 0.411 bits per heavy atom. The van der Waals surface area contributed by atoms with Gasteiger partial charge in [-0.25, -0.2) is 0 Å². The molecule has 286 valence electrons. The van der Waals surface area contributed by atoms with E-state index in [1.54, 1.807) is 0 Å². The van der Waals surface area contributed by atoms with Crippen LogP contribution in [0.15, 0.2) is 97.1 Å². The Kier molecular flexibility index (Phi) is 9.30. The standard InChI is InChI=1S/C52H56N2O2/c1-31-11-15-39-40-16-12-32(2)24-44(40)51(7,43(39)23-31)47-27-35(5)21-37(49(47)55)29-54(20-19-53(9)10)30-38-22-36(6)28-48(50(38)56)52(8)45-25-33(3)13-17-41(45)42-18-14-34(4)26-46(42)52/h11-18,21-28,55-56H,19-20,29-30H2,1-10H3. The maximum absolute atomic E-state index is 12.5. The van der Waals surface area contributed by atoms with Gasteiger partial charge in [-0.3, -0.25) is 4.90 Å². The van der Waals surface area contributed by atoms with Crippen molar-refractivity contribution in [2.75, 3.05) is 27.2 Å². The van der Waals surface area contributed by atoms with Gasteiger partial charge < -0.3 is 15.1 Å².